The number of piperidine rings is 1. The fraction of sp³-hybridized carbons (Fsp3) is 0.500. The Hall–Kier alpha value is -1.66. The molecule has 1 N–H and O–H groups in total. The van der Waals surface area contributed by atoms with Gasteiger partial charge in [-0.1, -0.05) is 0 Å². The number of hydrogen-bond acceptors (Lipinski definition) is 4. The molecule has 0 unspecified atom stereocenters. The molecule has 2 aliphatic rings. The fourth-order valence-corrected chi connectivity index (χ4v) is 2.68. The van der Waals surface area contributed by atoms with Gasteiger partial charge < -0.3 is 19.5 Å². The number of nitrogens with zero attached hydrogens (tertiary/aromatic N) is 1. The van der Waals surface area contributed by atoms with Crippen molar-refractivity contribution in [2.75, 3.05) is 26.3 Å². The number of benzene rings is 1. The first-order valence-electron chi connectivity index (χ1n) is 6.65. The van der Waals surface area contributed by atoms with Gasteiger partial charge in [0.2, 0.25) is 0 Å². The minimum atomic E-state index is -0.705. The zero-order valence-corrected chi connectivity index (χ0v) is 11.0. The summed E-state index contributed by atoms with van der Waals surface area (Å²) in [5.74, 6) is -1.81. The molecule has 0 aliphatic carbocycles. The van der Waals surface area contributed by atoms with E-state index in [4.69, 9.17) is 9.47 Å². The van der Waals surface area contributed by atoms with Crippen molar-refractivity contribution < 1.29 is 23.8 Å². The molecule has 0 radical (unpaired) electrons. The molecule has 6 heteroatoms. The zero-order valence-electron chi connectivity index (χ0n) is 11.0. The number of halogens is 1. The number of amides is 1. The highest BCUT2D eigenvalue weighted by atomic mass is 19.1. The Morgan fingerprint density at radius 1 is 1.25 bits per heavy atom. The van der Waals surface area contributed by atoms with Crippen LogP contribution in [0.4, 0.5) is 4.39 Å². The average Bonchev–Trinajstić information content (AvgIpc) is 2.87. The molecule has 0 saturated carbocycles. The number of carbonyl (C=O) groups excluding carboxylic acids is 1. The van der Waals surface area contributed by atoms with Crippen LogP contribution in [0, 0.1) is 5.82 Å². The van der Waals surface area contributed by atoms with Crippen molar-refractivity contribution in [2.24, 2.45) is 0 Å². The van der Waals surface area contributed by atoms with Gasteiger partial charge in [-0.05, 0) is 12.1 Å². The molecule has 2 saturated heterocycles. The van der Waals surface area contributed by atoms with Gasteiger partial charge in [-0.3, -0.25) is 4.79 Å². The molecule has 2 aliphatic heterocycles. The van der Waals surface area contributed by atoms with Crippen LogP contribution in [0.3, 0.4) is 0 Å². The molecule has 5 nitrogen and oxygen atoms in total. The molecular formula is C14H16FNO4. The Labute approximate surface area is 115 Å². The van der Waals surface area contributed by atoms with Gasteiger partial charge in [0.1, 0.15) is 11.6 Å². The second-order valence-corrected chi connectivity index (χ2v) is 5.06. The number of aromatic hydroxyl groups is 1. The van der Waals surface area contributed by atoms with Crippen LogP contribution in [0.5, 0.6) is 5.75 Å². The van der Waals surface area contributed by atoms with Gasteiger partial charge in [0.05, 0.1) is 18.8 Å². The van der Waals surface area contributed by atoms with Crippen LogP contribution in [0.15, 0.2) is 18.2 Å². The van der Waals surface area contributed by atoms with Crippen molar-refractivity contribution in [3.05, 3.63) is 29.6 Å². The fourth-order valence-electron chi connectivity index (χ4n) is 2.68. The minimum Gasteiger partial charge on any atom is -0.508 e. The lowest BCUT2D eigenvalue weighted by molar-refractivity contribution is -0.181. The maximum atomic E-state index is 13.7. The topological polar surface area (TPSA) is 59.0 Å². The Morgan fingerprint density at radius 3 is 2.50 bits per heavy atom. The lowest BCUT2D eigenvalue weighted by Gasteiger charge is -2.37. The van der Waals surface area contributed by atoms with Crippen LogP contribution < -0.4 is 0 Å². The molecule has 2 heterocycles. The van der Waals surface area contributed by atoms with Crippen molar-refractivity contribution in [3.8, 4) is 5.75 Å². The molecule has 108 valence electrons. The number of rotatable bonds is 1. The summed E-state index contributed by atoms with van der Waals surface area (Å²) in [7, 11) is 0. The molecule has 1 aromatic carbocycles. The maximum Gasteiger partial charge on any atom is 0.256 e. The first-order valence-corrected chi connectivity index (χ1v) is 6.65. The van der Waals surface area contributed by atoms with Gasteiger partial charge in [-0.15, -0.1) is 0 Å². The zero-order chi connectivity index (χ0) is 14.2. The maximum absolute atomic E-state index is 13.7. The number of hydrogen-bond donors (Lipinski definition) is 1. The SMILES string of the molecule is O=C(c1ccc(O)cc1F)N1CCC2(CC1)OCCO2. The lowest BCUT2D eigenvalue weighted by atomic mass is 10.0. The predicted molar refractivity (Wildman–Crippen MR) is 67.8 cm³/mol. The summed E-state index contributed by atoms with van der Waals surface area (Å²) in [6, 6.07) is 3.56. The molecule has 2 fully saturated rings. The highest BCUT2D eigenvalue weighted by Crippen LogP contribution is 2.32. The molecular weight excluding hydrogens is 265 g/mol. The molecule has 20 heavy (non-hydrogen) atoms. The number of ether oxygens (including phenoxy) is 2. The summed E-state index contributed by atoms with van der Waals surface area (Å²) in [6.07, 6.45) is 1.19. The van der Waals surface area contributed by atoms with Gasteiger partial charge in [-0.2, -0.15) is 0 Å². The standard InChI is InChI=1S/C14H16FNO4/c15-12-9-10(17)1-2-11(12)13(18)16-5-3-14(4-6-16)19-7-8-20-14/h1-2,9,17H,3-8H2. The normalized spacial score (nSPS) is 21.4. The smallest absolute Gasteiger partial charge is 0.256 e. The average molecular weight is 281 g/mol. The lowest BCUT2D eigenvalue weighted by Crippen LogP contribution is -2.47. The largest absolute Gasteiger partial charge is 0.508 e. The van der Waals surface area contributed by atoms with E-state index < -0.39 is 11.6 Å². The molecule has 0 atom stereocenters. The quantitative estimate of drug-likeness (QED) is 0.847. The highest BCUT2D eigenvalue weighted by molar-refractivity contribution is 5.94. The number of phenolic OH excluding ortho intramolecular Hbond substituents is 1. The first-order chi connectivity index (χ1) is 9.60. The monoisotopic (exact) mass is 281 g/mol. The summed E-state index contributed by atoms with van der Waals surface area (Å²) in [6.45, 7) is 2.11. The number of carbonyl (C=O) groups is 1. The predicted octanol–water partition coefficient (Wildman–Crippen LogP) is 1.51. The second-order valence-electron chi connectivity index (χ2n) is 5.06. The molecule has 1 spiro atoms. The van der Waals surface area contributed by atoms with E-state index in [9.17, 15) is 14.3 Å². The van der Waals surface area contributed by atoms with Gasteiger partial charge in [0, 0.05) is 32.0 Å². The van der Waals surface area contributed by atoms with Gasteiger partial charge in [-0.25, -0.2) is 4.39 Å². The number of phenols is 1. The molecule has 0 aromatic heterocycles. The Kier molecular flexibility index (Phi) is 3.35. The van der Waals surface area contributed by atoms with E-state index in [-0.39, 0.29) is 17.2 Å². The van der Waals surface area contributed by atoms with Crippen molar-refractivity contribution in [2.45, 2.75) is 18.6 Å². The van der Waals surface area contributed by atoms with E-state index in [0.29, 0.717) is 39.1 Å². The van der Waals surface area contributed by atoms with Crippen LogP contribution in [0.2, 0.25) is 0 Å². The van der Waals surface area contributed by atoms with Crippen molar-refractivity contribution in [3.63, 3.8) is 0 Å². The van der Waals surface area contributed by atoms with Gasteiger partial charge >= 0.3 is 0 Å². The highest BCUT2D eigenvalue weighted by Gasteiger charge is 2.41. The van der Waals surface area contributed by atoms with E-state index in [0.717, 1.165) is 6.07 Å². The molecule has 3 rings (SSSR count). The second kappa shape index (κ2) is 5.03. The summed E-state index contributed by atoms with van der Waals surface area (Å²) in [5, 5.41) is 9.17. The van der Waals surface area contributed by atoms with E-state index in [1.54, 1.807) is 4.90 Å². The van der Waals surface area contributed by atoms with Crippen LogP contribution in [-0.4, -0.2) is 48.0 Å². The third kappa shape index (κ3) is 2.36. The summed E-state index contributed by atoms with van der Waals surface area (Å²) >= 11 is 0. The number of likely N-dealkylation sites (tertiary alicyclic amines) is 1. The summed E-state index contributed by atoms with van der Waals surface area (Å²) in [4.78, 5) is 13.8. The van der Waals surface area contributed by atoms with Crippen LogP contribution in [0.1, 0.15) is 23.2 Å². The van der Waals surface area contributed by atoms with Crippen molar-refractivity contribution >= 4 is 5.91 Å². The minimum absolute atomic E-state index is 0.0213. The third-order valence-corrected chi connectivity index (χ3v) is 3.81. The van der Waals surface area contributed by atoms with E-state index in [1.807, 2.05) is 0 Å². The third-order valence-electron chi connectivity index (χ3n) is 3.81. The molecule has 1 aromatic rings. The van der Waals surface area contributed by atoms with Gasteiger partial charge in [0.25, 0.3) is 5.91 Å². The first kappa shape index (κ1) is 13.3. The van der Waals surface area contributed by atoms with E-state index in [1.165, 1.54) is 12.1 Å². The van der Waals surface area contributed by atoms with Crippen LogP contribution in [0.25, 0.3) is 0 Å². The Balaban J connectivity index is 1.69. The van der Waals surface area contributed by atoms with Crippen LogP contribution >= 0.6 is 0 Å². The summed E-state index contributed by atoms with van der Waals surface area (Å²) in [5.41, 5.74) is -0.0213. The summed E-state index contributed by atoms with van der Waals surface area (Å²) < 4.78 is 24.9. The van der Waals surface area contributed by atoms with Gasteiger partial charge in [0.15, 0.2) is 5.79 Å². The molecule has 0 bridgehead atoms. The Morgan fingerprint density at radius 2 is 1.90 bits per heavy atom. The molecule has 1 amide bonds. The Bertz CT molecular complexity index is 518. The van der Waals surface area contributed by atoms with E-state index >= 15 is 0 Å². The van der Waals surface area contributed by atoms with E-state index in [2.05, 4.69) is 0 Å². The van der Waals surface area contributed by atoms with Crippen LogP contribution in [-0.2, 0) is 9.47 Å². The van der Waals surface area contributed by atoms with Crippen molar-refractivity contribution in [1.82, 2.24) is 4.90 Å². The van der Waals surface area contributed by atoms with Crippen molar-refractivity contribution in [1.29, 1.82) is 0 Å².